The molecule has 1 aromatic heterocycles. The predicted molar refractivity (Wildman–Crippen MR) is 145 cm³/mol. The molecule has 0 saturated carbocycles. The van der Waals surface area contributed by atoms with E-state index in [0.29, 0.717) is 0 Å². The SMILES string of the molecule is CN(C)c1ccc(C=C2CCCc3c[n+](-c4ccccc4)c4ccc5ccccc5c4c32)cc1. The molecule has 0 spiro atoms. The number of fused-ring (bicyclic) bond motifs is 5. The van der Waals surface area contributed by atoms with Crippen molar-refractivity contribution in [3.63, 3.8) is 0 Å². The topological polar surface area (TPSA) is 7.12 Å². The number of aromatic nitrogens is 1. The number of anilines is 1. The second-order valence-corrected chi connectivity index (χ2v) is 9.42. The van der Waals surface area contributed by atoms with Crippen molar-refractivity contribution >= 4 is 39.0 Å². The minimum Gasteiger partial charge on any atom is -0.378 e. The number of para-hydroxylation sites is 1. The first-order valence-electron chi connectivity index (χ1n) is 12.1. The van der Waals surface area contributed by atoms with Crippen molar-refractivity contribution < 1.29 is 4.57 Å². The zero-order valence-electron chi connectivity index (χ0n) is 19.8. The smallest absolute Gasteiger partial charge is 0.219 e. The molecule has 2 heteroatoms. The van der Waals surface area contributed by atoms with Crippen LogP contribution in [0.2, 0.25) is 0 Å². The van der Waals surface area contributed by atoms with Crippen LogP contribution in [0.1, 0.15) is 29.5 Å². The van der Waals surface area contributed by atoms with Crippen LogP contribution < -0.4 is 9.47 Å². The molecule has 0 aliphatic heterocycles. The van der Waals surface area contributed by atoms with Gasteiger partial charge in [0, 0.05) is 49.1 Å². The maximum Gasteiger partial charge on any atom is 0.219 e. The van der Waals surface area contributed by atoms with Crippen molar-refractivity contribution in [3.8, 4) is 5.69 Å². The standard InChI is InChI=1S/C32H29N2/c1-33(2)27-18-15-23(16-19-27)21-25-10-8-11-26-22-34(28-12-4-3-5-13-28)30-20-17-24-9-6-7-14-29(24)32(30)31(25)26/h3-7,9,12-22H,8,10-11H2,1-2H3/q+1. The maximum atomic E-state index is 2.41. The molecule has 1 aliphatic carbocycles. The average Bonchev–Trinajstić information content (AvgIpc) is 2.89. The van der Waals surface area contributed by atoms with Gasteiger partial charge in [-0.25, -0.2) is 0 Å². The van der Waals surface area contributed by atoms with E-state index in [4.69, 9.17) is 0 Å². The maximum absolute atomic E-state index is 2.41. The highest BCUT2D eigenvalue weighted by molar-refractivity contribution is 6.12. The van der Waals surface area contributed by atoms with Crippen LogP contribution in [0.3, 0.4) is 0 Å². The molecule has 2 nitrogen and oxygen atoms in total. The largest absolute Gasteiger partial charge is 0.378 e. The molecule has 1 heterocycles. The van der Waals surface area contributed by atoms with Gasteiger partial charge < -0.3 is 4.90 Å². The van der Waals surface area contributed by atoms with Crippen molar-refractivity contribution in [1.29, 1.82) is 0 Å². The second-order valence-electron chi connectivity index (χ2n) is 9.42. The van der Waals surface area contributed by atoms with Crippen molar-refractivity contribution in [2.45, 2.75) is 19.3 Å². The van der Waals surface area contributed by atoms with Gasteiger partial charge in [-0.3, -0.25) is 0 Å². The fraction of sp³-hybridized carbons (Fsp3) is 0.156. The van der Waals surface area contributed by atoms with Crippen LogP contribution in [0.15, 0.2) is 97.2 Å². The van der Waals surface area contributed by atoms with Crippen LogP contribution in [0.5, 0.6) is 0 Å². The predicted octanol–water partition coefficient (Wildman–Crippen LogP) is 7.21. The van der Waals surface area contributed by atoms with Crippen LogP contribution in [0.4, 0.5) is 5.69 Å². The van der Waals surface area contributed by atoms with Gasteiger partial charge in [0.25, 0.3) is 0 Å². The Hall–Kier alpha value is -3.91. The molecule has 0 atom stereocenters. The van der Waals surface area contributed by atoms with Gasteiger partial charge >= 0.3 is 0 Å². The molecule has 166 valence electrons. The highest BCUT2D eigenvalue weighted by Crippen LogP contribution is 2.39. The lowest BCUT2D eigenvalue weighted by atomic mass is 9.83. The van der Waals surface area contributed by atoms with E-state index in [9.17, 15) is 0 Å². The number of allylic oxidation sites excluding steroid dienone is 1. The summed E-state index contributed by atoms with van der Waals surface area (Å²) in [5.41, 5.74) is 9.28. The van der Waals surface area contributed by atoms with Crippen molar-refractivity contribution in [1.82, 2.24) is 0 Å². The number of aryl methyl sites for hydroxylation is 1. The summed E-state index contributed by atoms with van der Waals surface area (Å²) in [7, 11) is 4.17. The van der Waals surface area contributed by atoms with E-state index in [-0.39, 0.29) is 0 Å². The monoisotopic (exact) mass is 441 g/mol. The molecule has 0 amide bonds. The number of nitrogens with zero attached hydrogens (tertiary/aromatic N) is 2. The molecule has 4 aromatic carbocycles. The van der Waals surface area contributed by atoms with E-state index in [0.717, 1.165) is 12.8 Å². The molecule has 0 unspecified atom stereocenters. The Balaban J connectivity index is 1.64. The molecule has 0 fully saturated rings. The normalized spacial score (nSPS) is 14.5. The van der Waals surface area contributed by atoms with E-state index >= 15 is 0 Å². The molecule has 34 heavy (non-hydrogen) atoms. The molecule has 0 radical (unpaired) electrons. The number of rotatable bonds is 3. The van der Waals surface area contributed by atoms with Crippen LogP contribution in [-0.4, -0.2) is 14.1 Å². The van der Waals surface area contributed by atoms with Crippen molar-refractivity contribution in [3.05, 3.63) is 114 Å². The van der Waals surface area contributed by atoms with Gasteiger partial charge in [0.15, 0.2) is 6.20 Å². The first-order chi connectivity index (χ1) is 16.7. The summed E-state index contributed by atoms with van der Waals surface area (Å²) in [6.45, 7) is 0. The number of hydrogen-bond acceptors (Lipinski definition) is 1. The number of benzene rings is 4. The zero-order chi connectivity index (χ0) is 23.1. The molecular formula is C32H29N2+. The Bertz CT molecular complexity index is 1530. The number of hydrogen-bond donors (Lipinski definition) is 0. The van der Waals surface area contributed by atoms with Gasteiger partial charge in [0.2, 0.25) is 11.2 Å². The Labute approximate surface area is 201 Å². The summed E-state index contributed by atoms with van der Waals surface area (Å²) in [5, 5.41) is 4.00. The molecule has 0 N–H and O–H groups in total. The Kier molecular flexibility index (Phi) is 5.15. The highest BCUT2D eigenvalue weighted by Gasteiger charge is 2.26. The molecule has 1 aliphatic rings. The van der Waals surface area contributed by atoms with Crippen LogP contribution in [0, 0.1) is 0 Å². The zero-order valence-corrected chi connectivity index (χ0v) is 19.8. The van der Waals surface area contributed by atoms with Gasteiger partial charge in [-0.15, -0.1) is 0 Å². The van der Waals surface area contributed by atoms with Crippen LogP contribution in [0.25, 0.3) is 39.0 Å². The molecule has 0 bridgehead atoms. The summed E-state index contributed by atoms with van der Waals surface area (Å²) in [6, 6.07) is 33.0. The fourth-order valence-corrected chi connectivity index (χ4v) is 5.34. The van der Waals surface area contributed by atoms with Crippen LogP contribution in [-0.2, 0) is 6.42 Å². The van der Waals surface area contributed by atoms with E-state index in [1.807, 2.05) is 0 Å². The Morgan fingerprint density at radius 2 is 1.53 bits per heavy atom. The summed E-state index contributed by atoms with van der Waals surface area (Å²) >= 11 is 0. The van der Waals surface area contributed by atoms with E-state index in [1.165, 1.54) is 61.7 Å². The van der Waals surface area contributed by atoms with Crippen molar-refractivity contribution in [2.75, 3.05) is 19.0 Å². The first-order valence-corrected chi connectivity index (χ1v) is 12.1. The lowest BCUT2D eigenvalue weighted by Gasteiger charge is -2.21. The fourth-order valence-electron chi connectivity index (χ4n) is 5.34. The van der Waals surface area contributed by atoms with E-state index < -0.39 is 0 Å². The minimum absolute atomic E-state index is 1.11. The third kappa shape index (κ3) is 3.56. The molecular weight excluding hydrogens is 412 g/mol. The lowest BCUT2D eigenvalue weighted by molar-refractivity contribution is -0.567. The summed E-state index contributed by atoms with van der Waals surface area (Å²) in [6.07, 6.45) is 8.18. The highest BCUT2D eigenvalue weighted by atomic mass is 15.1. The van der Waals surface area contributed by atoms with Crippen molar-refractivity contribution in [2.24, 2.45) is 0 Å². The molecule has 0 saturated heterocycles. The van der Waals surface area contributed by atoms with E-state index in [2.05, 4.69) is 127 Å². The second kappa shape index (κ2) is 8.46. The third-order valence-electron chi connectivity index (χ3n) is 7.02. The number of pyridine rings is 1. The Morgan fingerprint density at radius 1 is 0.765 bits per heavy atom. The first kappa shape index (κ1) is 20.7. The van der Waals surface area contributed by atoms with Gasteiger partial charge in [-0.05, 0) is 59.4 Å². The van der Waals surface area contributed by atoms with Gasteiger partial charge in [-0.2, -0.15) is 4.57 Å². The molecule has 6 rings (SSSR count). The lowest BCUT2D eigenvalue weighted by Crippen LogP contribution is -2.33. The summed E-state index contributed by atoms with van der Waals surface area (Å²) in [5.74, 6) is 0. The third-order valence-corrected chi connectivity index (χ3v) is 7.02. The van der Waals surface area contributed by atoms with Gasteiger partial charge in [0.05, 0.1) is 5.39 Å². The molecule has 5 aromatic rings. The summed E-state index contributed by atoms with van der Waals surface area (Å²) < 4.78 is 2.38. The quantitative estimate of drug-likeness (QED) is 0.212. The van der Waals surface area contributed by atoms with Crippen LogP contribution >= 0.6 is 0 Å². The summed E-state index contributed by atoms with van der Waals surface area (Å²) in [4.78, 5) is 2.15. The van der Waals surface area contributed by atoms with Gasteiger partial charge in [-0.1, -0.05) is 60.7 Å². The average molecular weight is 442 g/mol. The van der Waals surface area contributed by atoms with E-state index in [1.54, 1.807) is 0 Å². The minimum atomic E-state index is 1.11. The van der Waals surface area contributed by atoms with Gasteiger partial charge in [0.1, 0.15) is 0 Å². The Morgan fingerprint density at radius 3 is 2.32 bits per heavy atom.